The monoisotopic (exact) mass is 429 g/mol. The second-order valence-electron chi connectivity index (χ2n) is 8.37. The van der Waals surface area contributed by atoms with Crippen LogP contribution in [0.15, 0.2) is 42.7 Å². The van der Waals surface area contributed by atoms with E-state index in [0.717, 1.165) is 30.5 Å². The van der Waals surface area contributed by atoms with Crippen molar-refractivity contribution in [2.75, 3.05) is 6.61 Å². The van der Waals surface area contributed by atoms with Crippen LogP contribution in [0.25, 0.3) is 0 Å². The summed E-state index contributed by atoms with van der Waals surface area (Å²) in [6.45, 7) is 2.43. The molecule has 0 radical (unpaired) electrons. The summed E-state index contributed by atoms with van der Waals surface area (Å²) in [6.07, 6.45) is 6.11. The molecule has 1 aromatic heterocycles. The van der Waals surface area contributed by atoms with E-state index < -0.39 is 29.3 Å². The van der Waals surface area contributed by atoms with E-state index in [4.69, 9.17) is 4.74 Å². The summed E-state index contributed by atoms with van der Waals surface area (Å²) < 4.78 is 33.7. The molecule has 0 unspecified atom stereocenters. The van der Waals surface area contributed by atoms with Crippen LogP contribution in [0, 0.1) is 17.6 Å². The van der Waals surface area contributed by atoms with Crippen LogP contribution in [-0.4, -0.2) is 40.1 Å². The second kappa shape index (κ2) is 8.70. The van der Waals surface area contributed by atoms with Crippen molar-refractivity contribution in [1.29, 1.82) is 0 Å². The van der Waals surface area contributed by atoms with E-state index in [1.54, 1.807) is 18.5 Å². The van der Waals surface area contributed by atoms with Crippen LogP contribution < -0.4 is 5.32 Å². The number of carbonyl (C=O) groups is 2. The summed E-state index contributed by atoms with van der Waals surface area (Å²) in [6, 6.07) is 5.42. The van der Waals surface area contributed by atoms with E-state index in [9.17, 15) is 18.4 Å². The average molecular weight is 429 g/mol. The first kappa shape index (κ1) is 21.4. The third kappa shape index (κ3) is 4.44. The van der Waals surface area contributed by atoms with Crippen LogP contribution >= 0.6 is 0 Å². The number of aromatic nitrogens is 1. The van der Waals surface area contributed by atoms with Gasteiger partial charge >= 0.3 is 0 Å². The lowest BCUT2D eigenvalue weighted by molar-refractivity contribution is -0.128. The van der Waals surface area contributed by atoms with E-state index in [2.05, 4.69) is 17.2 Å². The van der Waals surface area contributed by atoms with Gasteiger partial charge in [-0.25, -0.2) is 8.78 Å². The van der Waals surface area contributed by atoms with Gasteiger partial charge in [0, 0.05) is 30.6 Å². The highest BCUT2D eigenvalue weighted by atomic mass is 19.1. The molecule has 8 heteroatoms. The second-order valence-corrected chi connectivity index (χ2v) is 8.37. The number of halogens is 2. The molecule has 164 valence electrons. The lowest BCUT2D eigenvalue weighted by atomic mass is 9.83. The quantitative estimate of drug-likeness (QED) is 0.809. The van der Waals surface area contributed by atoms with E-state index in [-0.39, 0.29) is 24.6 Å². The zero-order valence-corrected chi connectivity index (χ0v) is 17.3. The van der Waals surface area contributed by atoms with E-state index in [1.165, 1.54) is 4.90 Å². The Morgan fingerprint density at radius 3 is 2.58 bits per heavy atom. The standard InChI is InChI=1S/C23H25F2N3O3/c1-15-4-6-23(7-5-15)28(22(30)17-9-18(24)11-19(25)10-17)20(14-31-23)21(29)27-13-16-3-2-8-26-12-16/h2-3,8-12,15,20H,4-7,13-14H2,1H3,(H,27,29)/t15?,20-,23?/m0/s1. The molecule has 1 aliphatic heterocycles. The van der Waals surface area contributed by atoms with E-state index in [1.807, 2.05) is 6.07 Å². The maximum atomic E-state index is 13.8. The van der Waals surface area contributed by atoms with Gasteiger partial charge in [0.2, 0.25) is 5.91 Å². The number of hydrogen-bond acceptors (Lipinski definition) is 4. The van der Waals surface area contributed by atoms with Crippen molar-refractivity contribution in [2.45, 2.75) is 50.9 Å². The fraction of sp³-hybridized carbons (Fsp3) is 0.435. The lowest BCUT2D eigenvalue weighted by Crippen LogP contribution is -2.56. The summed E-state index contributed by atoms with van der Waals surface area (Å²) in [7, 11) is 0. The van der Waals surface area contributed by atoms with E-state index >= 15 is 0 Å². The lowest BCUT2D eigenvalue weighted by Gasteiger charge is -2.43. The molecule has 0 bridgehead atoms. The van der Waals surface area contributed by atoms with Gasteiger partial charge in [-0.15, -0.1) is 0 Å². The maximum absolute atomic E-state index is 13.8. The van der Waals surface area contributed by atoms with E-state index in [0.29, 0.717) is 24.8 Å². The first-order valence-corrected chi connectivity index (χ1v) is 10.5. The molecule has 4 rings (SSSR count). The summed E-state index contributed by atoms with van der Waals surface area (Å²) in [5, 5.41) is 2.83. The van der Waals surface area contributed by atoms with Crippen molar-refractivity contribution in [3.05, 3.63) is 65.5 Å². The third-order valence-electron chi connectivity index (χ3n) is 6.14. The molecule has 1 aromatic carbocycles. The molecule has 2 amide bonds. The number of amides is 2. The SMILES string of the molecule is CC1CCC2(CC1)OC[C@@H](C(=O)NCc1cccnc1)N2C(=O)c1cc(F)cc(F)c1. The number of ether oxygens (including phenoxy) is 1. The van der Waals surface area contributed by atoms with Crippen molar-refractivity contribution in [3.8, 4) is 0 Å². The molecular weight excluding hydrogens is 404 g/mol. The average Bonchev–Trinajstić information content (AvgIpc) is 3.12. The topological polar surface area (TPSA) is 71.5 Å². The number of nitrogens with one attached hydrogen (secondary N) is 1. The Kier molecular flexibility index (Phi) is 6.00. The normalized spacial score (nSPS) is 25.6. The minimum Gasteiger partial charge on any atom is -0.353 e. The molecule has 1 aliphatic carbocycles. The highest BCUT2D eigenvalue weighted by molar-refractivity contribution is 5.98. The van der Waals surface area contributed by atoms with Crippen LogP contribution in [0.3, 0.4) is 0 Å². The van der Waals surface area contributed by atoms with Gasteiger partial charge in [-0.2, -0.15) is 0 Å². The molecule has 2 heterocycles. The zero-order chi connectivity index (χ0) is 22.0. The first-order chi connectivity index (χ1) is 14.9. The van der Waals surface area contributed by atoms with Gasteiger partial charge in [-0.1, -0.05) is 13.0 Å². The van der Waals surface area contributed by atoms with Crippen molar-refractivity contribution < 1.29 is 23.1 Å². The molecule has 1 N–H and O–H groups in total. The number of benzene rings is 1. The van der Waals surface area contributed by atoms with Gasteiger partial charge in [0.15, 0.2) is 0 Å². The maximum Gasteiger partial charge on any atom is 0.257 e. The van der Waals surface area contributed by atoms with Crippen LogP contribution in [-0.2, 0) is 16.1 Å². The van der Waals surface area contributed by atoms with Crippen molar-refractivity contribution in [3.63, 3.8) is 0 Å². The Balaban J connectivity index is 1.60. The summed E-state index contributed by atoms with van der Waals surface area (Å²) in [5.41, 5.74) is -0.255. The Hall–Kier alpha value is -2.87. The van der Waals surface area contributed by atoms with Crippen LogP contribution in [0.4, 0.5) is 8.78 Å². The minimum atomic E-state index is -0.942. The predicted octanol–water partition coefficient (Wildman–Crippen LogP) is 3.42. The highest BCUT2D eigenvalue weighted by Gasteiger charge is 2.53. The number of pyridine rings is 1. The minimum absolute atomic E-state index is 0.0385. The summed E-state index contributed by atoms with van der Waals surface area (Å²) in [5.74, 6) is -2.17. The molecular formula is C23H25F2N3O3. The third-order valence-corrected chi connectivity index (χ3v) is 6.14. The molecule has 1 atom stereocenters. The van der Waals surface area contributed by atoms with Gasteiger partial charge < -0.3 is 10.1 Å². The molecule has 1 spiro atoms. The Morgan fingerprint density at radius 2 is 1.94 bits per heavy atom. The molecule has 2 fully saturated rings. The van der Waals surface area contributed by atoms with Gasteiger partial charge in [0.05, 0.1) is 6.61 Å². The van der Waals surface area contributed by atoms with Crippen LogP contribution in [0.5, 0.6) is 0 Å². The van der Waals surface area contributed by atoms with Crippen LogP contribution in [0.1, 0.15) is 48.5 Å². The van der Waals surface area contributed by atoms with Crippen molar-refractivity contribution >= 4 is 11.8 Å². The van der Waals surface area contributed by atoms with Gasteiger partial charge in [0.25, 0.3) is 5.91 Å². The highest BCUT2D eigenvalue weighted by Crippen LogP contribution is 2.43. The summed E-state index contributed by atoms with van der Waals surface area (Å²) >= 11 is 0. The number of rotatable bonds is 4. The Morgan fingerprint density at radius 1 is 1.23 bits per heavy atom. The molecule has 1 saturated carbocycles. The number of carbonyl (C=O) groups excluding carboxylic acids is 2. The predicted molar refractivity (Wildman–Crippen MR) is 109 cm³/mol. The molecule has 2 aliphatic rings. The Labute approximate surface area is 179 Å². The molecule has 2 aromatic rings. The van der Waals surface area contributed by atoms with Crippen molar-refractivity contribution in [2.24, 2.45) is 5.92 Å². The van der Waals surface area contributed by atoms with Gasteiger partial charge in [0.1, 0.15) is 23.4 Å². The van der Waals surface area contributed by atoms with Crippen molar-refractivity contribution in [1.82, 2.24) is 15.2 Å². The zero-order valence-electron chi connectivity index (χ0n) is 17.3. The first-order valence-electron chi connectivity index (χ1n) is 10.5. The molecule has 6 nitrogen and oxygen atoms in total. The molecule has 31 heavy (non-hydrogen) atoms. The number of hydrogen-bond donors (Lipinski definition) is 1. The smallest absolute Gasteiger partial charge is 0.257 e. The summed E-state index contributed by atoms with van der Waals surface area (Å²) in [4.78, 5) is 31.9. The fourth-order valence-corrected chi connectivity index (χ4v) is 4.41. The van der Waals surface area contributed by atoms with Crippen LogP contribution in [0.2, 0.25) is 0 Å². The van der Waals surface area contributed by atoms with Gasteiger partial charge in [-0.3, -0.25) is 19.5 Å². The number of nitrogens with zero attached hydrogens (tertiary/aromatic N) is 2. The largest absolute Gasteiger partial charge is 0.353 e. The molecule has 1 saturated heterocycles. The Bertz CT molecular complexity index is 942. The fourth-order valence-electron chi connectivity index (χ4n) is 4.41. The van der Waals surface area contributed by atoms with Gasteiger partial charge in [-0.05, 0) is 55.4 Å².